The van der Waals surface area contributed by atoms with Gasteiger partial charge in [0, 0.05) is 46.8 Å². The summed E-state index contributed by atoms with van der Waals surface area (Å²) in [4.78, 5) is 4.37. The fraction of sp³-hybridized carbons (Fsp3) is 0.556. The Morgan fingerprint density at radius 3 is 1.26 bits per heavy atom. The summed E-state index contributed by atoms with van der Waals surface area (Å²) in [7, 11) is 7.48. The fourth-order valence-electron chi connectivity index (χ4n) is 5.76. The van der Waals surface area contributed by atoms with E-state index in [2.05, 4.69) is 86.5 Å². The predicted octanol–water partition coefficient (Wildman–Crippen LogP) is 6.50. The fourth-order valence-corrected chi connectivity index (χ4v) is 13.8. The molecular weight excluding hydrogens is 415 g/mol. The molecule has 3 fully saturated rings. The van der Waals surface area contributed by atoms with Crippen molar-refractivity contribution in [2.24, 2.45) is 0 Å². The summed E-state index contributed by atoms with van der Waals surface area (Å²) in [6, 6.07) is 18.5. The maximum Gasteiger partial charge on any atom is 0.0963 e. The van der Waals surface area contributed by atoms with Crippen LogP contribution >= 0.6 is 19.9 Å². The van der Waals surface area contributed by atoms with E-state index in [9.17, 15) is 0 Å². The standard InChI is InChI=1S/C27H37N2PS/c1-28(2)22-9-5-20(6-10-22)27(31,21-7-11-23(12-8-21)29(3)4)19-30(24-13-14-24,25-15-16-25)26-17-18-26/h5-12,24-26H,13-19H2,1-4H3/p+1. The molecule has 0 aromatic heterocycles. The molecule has 0 N–H and O–H groups in total. The molecule has 166 valence electrons. The van der Waals surface area contributed by atoms with E-state index in [1.807, 2.05) is 0 Å². The summed E-state index contributed by atoms with van der Waals surface area (Å²) in [6.45, 7) is 0. The van der Waals surface area contributed by atoms with Crippen molar-refractivity contribution in [1.82, 2.24) is 0 Å². The van der Waals surface area contributed by atoms with Gasteiger partial charge in [0.25, 0.3) is 0 Å². The molecule has 0 spiro atoms. The number of thiol groups is 1. The first-order chi connectivity index (χ1) is 14.8. The summed E-state index contributed by atoms with van der Waals surface area (Å²) < 4.78 is -0.197. The second-order valence-electron chi connectivity index (χ2n) is 10.6. The molecule has 0 amide bonds. The average molecular weight is 454 g/mol. The highest BCUT2D eigenvalue weighted by atomic mass is 32.1. The molecule has 3 aliphatic carbocycles. The van der Waals surface area contributed by atoms with Gasteiger partial charge >= 0.3 is 0 Å². The van der Waals surface area contributed by atoms with Crippen molar-refractivity contribution in [1.29, 1.82) is 0 Å². The third-order valence-corrected chi connectivity index (χ3v) is 15.5. The zero-order chi connectivity index (χ0) is 21.8. The van der Waals surface area contributed by atoms with Crippen molar-refractivity contribution in [3.63, 3.8) is 0 Å². The minimum atomic E-state index is -0.990. The van der Waals surface area contributed by atoms with E-state index < -0.39 is 7.26 Å². The number of anilines is 2. The third kappa shape index (κ3) is 4.02. The van der Waals surface area contributed by atoms with E-state index in [4.69, 9.17) is 12.6 Å². The molecule has 5 rings (SSSR count). The lowest BCUT2D eigenvalue weighted by Gasteiger charge is -2.38. The van der Waals surface area contributed by atoms with E-state index in [1.54, 1.807) is 0 Å². The van der Waals surface area contributed by atoms with Gasteiger partial charge in [0.2, 0.25) is 0 Å². The zero-order valence-electron chi connectivity index (χ0n) is 19.6. The summed E-state index contributed by atoms with van der Waals surface area (Å²) >= 11 is 5.63. The van der Waals surface area contributed by atoms with Crippen LogP contribution in [0, 0.1) is 0 Å². The SMILES string of the molecule is CN(C)c1ccc(C(S)(C[P+](C2CC2)(C2CC2)C2CC2)c2ccc(N(C)C)cc2)cc1. The summed E-state index contributed by atoms with van der Waals surface area (Å²) in [5, 5.41) is 0. The molecular formula is C27H38N2PS+. The highest BCUT2D eigenvalue weighted by Crippen LogP contribution is 2.87. The lowest BCUT2D eigenvalue weighted by atomic mass is 9.91. The molecule has 0 unspecified atom stereocenters. The third-order valence-electron chi connectivity index (χ3n) is 7.91. The van der Waals surface area contributed by atoms with Crippen molar-refractivity contribution < 1.29 is 0 Å². The van der Waals surface area contributed by atoms with Crippen LogP contribution in [0.2, 0.25) is 0 Å². The first kappa shape index (κ1) is 21.7. The van der Waals surface area contributed by atoms with E-state index in [0.717, 1.165) is 17.0 Å². The highest BCUT2D eigenvalue weighted by molar-refractivity contribution is 7.84. The minimum absolute atomic E-state index is 0.197. The van der Waals surface area contributed by atoms with E-state index >= 15 is 0 Å². The second kappa shape index (κ2) is 7.99. The maximum absolute atomic E-state index is 5.63. The average Bonchev–Trinajstić information content (AvgIpc) is 3.62. The first-order valence-electron chi connectivity index (χ1n) is 12.0. The van der Waals surface area contributed by atoms with Crippen LogP contribution in [0.3, 0.4) is 0 Å². The van der Waals surface area contributed by atoms with Crippen molar-refractivity contribution >= 4 is 31.3 Å². The number of benzene rings is 2. The Morgan fingerprint density at radius 1 is 0.677 bits per heavy atom. The topological polar surface area (TPSA) is 6.48 Å². The molecule has 0 heterocycles. The molecule has 2 aromatic rings. The van der Waals surface area contributed by atoms with Crippen LogP contribution in [0.5, 0.6) is 0 Å². The van der Waals surface area contributed by atoms with Gasteiger partial charge in [-0.2, -0.15) is 12.6 Å². The molecule has 2 nitrogen and oxygen atoms in total. The minimum Gasteiger partial charge on any atom is -0.378 e. The molecule has 3 saturated carbocycles. The summed E-state index contributed by atoms with van der Waals surface area (Å²) in [5.41, 5.74) is 8.41. The van der Waals surface area contributed by atoms with Crippen LogP contribution in [0.15, 0.2) is 48.5 Å². The molecule has 0 radical (unpaired) electrons. The molecule has 0 aliphatic heterocycles. The molecule has 31 heavy (non-hydrogen) atoms. The molecule has 4 heteroatoms. The number of nitrogens with zero attached hydrogens (tertiary/aromatic N) is 2. The smallest absolute Gasteiger partial charge is 0.0963 e. The molecule has 0 saturated heterocycles. The Hall–Kier alpha value is -1.18. The molecule has 3 aliphatic rings. The van der Waals surface area contributed by atoms with Crippen LogP contribution in [0.1, 0.15) is 49.7 Å². The van der Waals surface area contributed by atoms with Gasteiger partial charge < -0.3 is 9.80 Å². The Bertz CT molecular complexity index is 826. The Balaban J connectivity index is 1.58. The Morgan fingerprint density at radius 2 is 1.00 bits per heavy atom. The van der Waals surface area contributed by atoms with Gasteiger partial charge in [-0.1, -0.05) is 24.3 Å². The van der Waals surface area contributed by atoms with Gasteiger partial charge in [-0.05, 0) is 73.9 Å². The van der Waals surface area contributed by atoms with Crippen LogP contribution in [-0.2, 0) is 4.75 Å². The quantitative estimate of drug-likeness (QED) is 0.342. The maximum atomic E-state index is 5.63. The van der Waals surface area contributed by atoms with Gasteiger partial charge in [-0.3, -0.25) is 0 Å². The van der Waals surface area contributed by atoms with Gasteiger partial charge in [0.15, 0.2) is 0 Å². The molecule has 0 bridgehead atoms. The van der Waals surface area contributed by atoms with E-state index in [1.165, 1.54) is 67.2 Å². The molecule has 2 aromatic carbocycles. The largest absolute Gasteiger partial charge is 0.378 e. The van der Waals surface area contributed by atoms with Gasteiger partial charge in [-0.15, -0.1) is 0 Å². The predicted molar refractivity (Wildman–Crippen MR) is 142 cm³/mol. The Labute approximate surface area is 195 Å². The van der Waals surface area contributed by atoms with Crippen LogP contribution in [-0.4, -0.2) is 51.3 Å². The molecule has 0 atom stereocenters. The van der Waals surface area contributed by atoms with E-state index in [-0.39, 0.29) is 4.75 Å². The first-order valence-corrected chi connectivity index (χ1v) is 14.6. The van der Waals surface area contributed by atoms with Crippen LogP contribution in [0.4, 0.5) is 11.4 Å². The van der Waals surface area contributed by atoms with Crippen molar-refractivity contribution in [3.8, 4) is 0 Å². The normalized spacial score (nSPS) is 19.4. The van der Waals surface area contributed by atoms with Gasteiger partial charge in [0.1, 0.15) is 0 Å². The zero-order valence-corrected chi connectivity index (χ0v) is 21.4. The van der Waals surface area contributed by atoms with Crippen LogP contribution in [0.25, 0.3) is 0 Å². The van der Waals surface area contributed by atoms with Crippen molar-refractivity contribution in [2.45, 2.75) is 60.2 Å². The van der Waals surface area contributed by atoms with Gasteiger partial charge in [0.05, 0.1) is 27.9 Å². The summed E-state index contributed by atoms with van der Waals surface area (Å²) in [6.07, 6.45) is 10.2. The lowest BCUT2D eigenvalue weighted by Crippen LogP contribution is -2.31. The van der Waals surface area contributed by atoms with Crippen molar-refractivity contribution in [2.75, 3.05) is 44.2 Å². The second-order valence-corrected chi connectivity index (χ2v) is 15.8. The van der Waals surface area contributed by atoms with Crippen LogP contribution < -0.4 is 9.80 Å². The lowest BCUT2D eigenvalue weighted by molar-refractivity contribution is 0.840. The monoisotopic (exact) mass is 453 g/mol. The summed E-state index contributed by atoms with van der Waals surface area (Å²) in [5.74, 6) is 0. The van der Waals surface area contributed by atoms with Gasteiger partial charge in [-0.25, -0.2) is 0 Å². The van der Waals surface area contributed by atoms with E-state index in [0.29, 0.717) is 0 Å². The number of rotatable bonds is 9. The number of hydrogen-bond donors (Lipinski definition) is 1. The highest BCUT2D eigenvalue weighted by Gasteiger charge is 2.69. The Kier molecular flexibility index (Phi) is 5.58. The number of hydrogen-bond acceptors (Lipinski definition) is 3. The van der Waals surface area contributed by atoms with Crippen molar-refractivity contribution in [3.05, 3.63) is 59.7 Å².